The van der Waals surface area contributed by atoms with Crippen LogP contribution in [0.5, 0.6) is 0 Å². The topological polar surface area (TPSA) is 105 Å². The summed E-state index contributed by atoms with van der Waals surface area (Å²) >= 11 is 5.89. The van der Waals surface area contributed by atoms with Gasteiger partial charge in [0.2, 0.25) is 0 Å². The summed E-state index contributed by atoms with van der Waals surface area (Å²) in [6.45, 7) is 1.77. The number of fused-ring (bicyclic) bond motifs is 1. The van der Waals surface area contributed by atoms with Crippen LogP contribution in [0.3, 0.4) is 0 Å². The Morgan fingerprint density at radius 3 is 2.90 bits per heavy atom. The normalized spacial score (nSPS) is 16.4. The van der Waals surface area contributed by atoms with Crippen LogP contribution >= 0.6 is 11.6 Å². The van der Waals surface area contributed by atoms with E-state index in [4.69, 9.17) is 16.0 Å². The molecule has 0 bridgehead atoms. The van der Waals surface area contributed by atoms with Gasteiger partial charge < -0.3 is 9.40 Å². The third-order valence-corrected chi connectivity index (χ3v) is 5.83. The number of furan rings is 1. The molecule has 2 aromatic heterocycles. The van der Waals surface area contributed by atoms with E-state index < -0.39 is 4.92 Å². The fourth-order valence-electron chi connectivity index (χ4n) is 3.88. The summed E-state index contributed by atoms with van der Waals surface area (Å²) < 4.78 is 5.89. The molecule has 3 heterocycles. The van der Waals surface area contributed by atoms with Crippen LogP contribution < -0.4 is 5.56 Å². The molecule has 0 saturated heterocycles. The maximum absolute atomic E-state index is 12.5. The van der Waals surface area contributed by atoms with Crippen LogP contribution in [0.1, 0.15) is 41.6 Å². The SMILES string of the molecule is O=c1[nH]c(C2CC2)nc2c1CN(Cc1ccc(-c3ccc(Cl)cc3[N+](=O)[O-])o1)CC2. The minimum Gasteiger partial charge on any atom is -0.459 e. The minimum atomic E-state index is -0.472. The first-order valence-corrected chi connectivity index (χ1v) is 10.2. The van der Waals surface area contributed by atoms with Crippen LogP contribution in [0.15, 0.2) is 39.5 Å². The molecular formula is C21H19ClN4O4. The van der Waals surface area contributed by atoms with Crippen molar-refractivity contribution in [2.75, 3.05) is 6.54 Å². The molecule has 1 fully saturated rings. The second kappa shape index (κ2) is 7.37. The second-order valence-corrected chi connectivity index (χ2v) is 8.23. The van der Waals surface area contributed by atoms with E-state index in [1.165, 1.54) is 6.07 Å². The highest BCUT2D eigenvalue weighted by atomic mass is 35.5. The van der Waals surface area contributed by atoms with Crippen LogP contribution in [0.2, 0.25) is 5.02 Å². The second-order valence-electron chi connectivity index (χ2n) is 7.80. The van der Waals surface area contributed by atoms with Gasteiger partial charge in [0, 0.05) is 36.5 Å². The lowest BCUT2D eigenvalue weighted by atomic mass is 10.1. The molecule has 3 aromatic rings. The average Bonchev–Trinajstić information content (AvgIpc) is 3.48. The molecule has 1 N–H and O–H groups in total. The zero-order chi connectivity index (χ0) is 20.8. The van der Waals surface area contributed by atoms with Gasteiger partial charge in [0.15, 0.2) is 0 Å². The molecule has 0 radical (unpaired) electrons. The van der Waals surface area contributed by atoms with E-state index in [0.29, 0.717) is 46.7 Å². The van der Waals surface area contributed by atoms with Gasteiger partial charge in [-0.3, -0.25) is 19.8 Å². The van der Waals surface area contributed by atoms with Crippen LogP contribution in [0, 0.1) is 10.1 Å². The Balaban J connectivity index is 1.34. The van der Waals surface area contributed by atoms with E-state index in [2.05, 4.69) is 14.9 Å². The molecule has 0 atom stereocenters. The van der Waals surface area contributed by atoms with Gasteiger partial charge in [-0.15, -0.1) is 0 Å². The van der Waals surface area contributed by atoms with Crippen molar-refractivity contribution in [1.29, 1.82) is 0 Å². The number of hydrogen-bond donors (Lipinski definition) is 1. The molecule has 0 spiro atoms. The highest BCUT2D eigenvalue weighted by Gasteiger charge is 2.29. The number of aromatic amines is 1. The third-order valence-electron chi connectivity index (χ3n) is 5.59. The third kappa shape index (κ3) is 3.64. The Kier molecular flexibility index (Phi) is 4.67. The summed E-state index contributed by atoms with van der Waals surface area (Å²) in [7, 11) is 0. The Labute approximate surface area is 176 Å². The molecule has 1 saturated carbocycles. The predicted molar refractivity (Wildman–Crippen MR) is 110 cm³/mol. The van der Waals surface area contributed by atoms with Crippen molar-refractivity contribution >= 4 is 17.3 Å². The van der Waals surface area contributed by atoms with Crippen molar-refractivity contribution in [2.24, 2.45) is 0 Å². The number of nitro groups is 1. The molecule has 1 aliphatic carbocycles. The summed E-state index contributed by atoms with van der Waals surface area (Å²) in [6.07, 6.45) is 2.91. The highest BCUT2D eigenvalue weighted by molar-refractivity contribution is 6.30. The van der Waals surface area contributed by atoms with Crippen molar-refractivity contribution < 1.29 is 9.34 Å². The molecule has 0 unspecified atom stereocenters. The summed E-state index contributed by atoms with van der Waals surface area (Å²) in [5.74, 6) is 2.34. The predicted octanol–water partition coefficient (Wildman–Crippen LogP) is 4.03. The zero-order valence-corrected chi connectivity index (χ0v) is 16.8. The molecule has 0 amide bonds. The van der Waals surface area contributed by atoms with Gasteiger partial charge >= 0.3 is 0 Å². The van der Waals surface area contributed by atoms with Crippen molar-refractivity contribution in [1.82, 2.24) is 14.9 Å². The first kappa shape index (κ1) is 19.0. The quantitative estimate of drug-likeness (QED) is 0.487. The number of hydrogen-bond acceptors (Lipinski definition) is 6. The van der Waals surface area contributed by atoms with Crippen LogP contribution in [0.4, 0.5) is 5.69 Å². The number of nitro benzene ring substituents is 1. The van der Waals surface area contributed by atoms with Crippen LogP contribution in [-0.4, -0.2) is 26.3 Å². The van der Waals surface area contributed by atoms with E-state index in [1.807, 2.05) is 6.07 Å². The summed E-state index contributed by atoms with van der Waals surface area (Å²) in [6, 6.07) is 8.03. The molecule has 154 valence electrons. The number of halogens is 1. The summed E-state index contributed by atoms with van der Waals surface area (Å²) in [4.78, 5) is 33.1. The van der Waals surface area contributed by atoms with Gasteiger partial charge in [-0.25, -0.2) is 4.98 Å². The lowest BCUT2D eigenvalue weighted by molar-refractivity contribution is -0.384. The van der Waals surface area contributed by atoms with Crippen LogP contribution in [0.25, 0.3) is 11.3 Å². The maximum Gasteiger partial charge on any atom is 0.281 e. The Hall–Kier alpha value is -2.97. The van der Waals surface area contributed by atoms with Crippen molar-refractivity contribution in [3.05, 3.63) is 78.7 Å². The van der Waals surface area contributed by atoms with E-state index >= 15 is 0 Å². The molecule has 5 rings (SSSR count). The number of benzene rings is 1. The molecule has 1 aliphatic heterocycles. The lowest BCUT2D eigenvalue weighted by Crippen LogP contribution is -2.35. The van der Waals surface area contributed by atoms with Gasteiger partial charge in [-0.1, -0.05) is 11.6 Å². The van der Waals surface area contributed by atoms with Crippen molar-refractivity contribution in [2.45, 2.75) is 38.3 Å². The molecule has 1 aromatic carbocycles. The summed E-state index contributed by atoms with van der Waals surface area (Å²) in [5.41, 5.74) is 1.84. The monoisotopic (exact) mass is 426 g/mol. The van der Waals surface area contributed by atoms with E-state index in [-0.39, 0.29) is 11.2 Å². The number of aromatic nitrogens is 2. The maximum atomic E-state index is 12.5. The van der Waals surface area contributed by atoms with Gasteiger partial charge in [0.25, 0.3) is 11.2 Å². The molecule has 9 heteroatoms. The van der Waals surface area contributed by atoms with E-state index in [0.717, 1.165) is 37.3 Å². The number of H-pyrrole nitrogens is 1. The van der Waals surface area contributed by atoms with Gasteiger partial charge in [0.05, 0.1) is 28.3 Å². The lowest BCUT2D eigenvalue weighted by Gasteiger charge is -2.26. The van der Waals surface area contributed by atoms with Gasteiger partial charge in [0.1, 0.15) is 17.3 Å². The molecule has 2 aliphatic rings. The Bertz CT molecular complexity index is 1200. The largest absolute Gasteiger partial charge is 0.459 e. The van der Waals surface area contributed by atoms with E-state index in [1.54, 1.807) is 18.2 Å². The summed E-state index contributed by atoms with van der Waals surface area (Å²) in [5, 5.41) is 11.6. The van der Waals surface area contributed by atoms with E-state index in [9.17, 15) is 14.9 Å². The smallest absolute Gasteiger partial charge is 0.281 e. The standard InChI is InChI=1S/C21H19ClN4O4/c22-13-3-5-15(18(9-13)26(28)29)19-6-4-14(30-19)10-25-8-7-17-16(11-25)21(27)24-20(23-17)12-1-2-12/h3-6,9,12H,1-2,7-8,10-11H2,(H,23,24,27). The molecule has 30 heavy (non-hydrogen) atoms. The average molecular weight is 427 g/mol. The first-order chi connectivity index (χ1) is 14.5. The molecule has 8 nitrogen and oxygen atoms in total. The van der Waals surface area contributed by atoms with Crippen molar-refractivity contribution in [3.63, 3.8) is 0 Å². The highest BCUT2D eigenvalue weighted by Crippen LogP contribution is 2.38. The number of rotatable bonds is 5. The van der Waals surface area contributed by atoms with Crippen LogP contribution in [-0.2, 0) is 19.5 Å². The minimum absolute atomic E-state index is 0.0523. The number of nitrogens with one attached hydrogen (secondary N) is 1. The zero-order valence-electron chi connectivity index (χ0n) is 16.1. The number of nitrogens with zero attached hydrogens (tertiary/aromatic N) is 3. The Morgan fingerprint density at radius 2 is 2.13 bits per heavy atom. The Morgan fingerprint density at radius 1 is 1.30 bits per heavy atom. The molecular weight excluding hydrogens is 408 g/mol. The van der Waals surface area contributed by atoms with Gasteiger partial charge in [-0.2, -0.15) is 0 Å². The fraction of sp³-hybridized carbons (Fsp3) is 0.333. The fourth-order valence-corrected chi connectivity index (χ4v) is 4.04. The van der Waals surface area contributed by atoms with Gasteiger partial charge in [-0.05, 0) is 37.1 Å². The van der Waals surface area contributed by atoms with Crippen molar-refractivity contribution in [3.8, 4) is 11.3 Å². The first-order valence-electron chi connectivity index (χ1n) is 9.85.